The second-order valence-electron chi connectivity index (χ2n) is 6.66. The SMILES string of the molecule is Cn1ncc2c1C(NC(=O)c1ccccc1Cl)CCN2C(=O)c1ccccc1. The van der Waals surface area contributed by atoms with E-state index in [9.17, 15) is 9.59 Å². The van der Waals surface area contributed by atoms with Crippen molar-refractivity contribution in [2.45, 2.75) is 12.5 Å². The Bertz CT molecular complexity index is 1030. The highest BCUT2D eigenvalue weighted by molar-refractivity contribution is 6.33. The van der Waals surface area contributed by atoms with Gasteiger partial charge in [-0.1, -0.05) is 41.9 Å². The summed E-state index contributed by atoms with van der Waals surface area (Å²) in [5.41, 5.74) is 2.56. The van der Waals surface area contributed by atoms with Crippen molar-refractivity contribution < 1.29 is 9.59 Å². The van der Waals surface area contributed by atoms with Crippen LogP contribution in [0, 0.1) is 0 Å². The van der Waals surface area contributed by atoms with Crippen LogP contribution in [0.25, 0.3) is 0 Å². The Morgan fingerprint density at radius 2 is 1.82 bits per heavy atom. The minimum Gasteiger partial charge on any atom is -0.343 e. The van der Waals surface area contributed by atoms with Gasteiger partial charge in [0.2, 0.25) is 0 Å². The maximum Gasteiger partial charge on any atom is 0.258 e. The van der Waals surface area contributed by atoms with Crippen molar-refractivity contribution in [3.8, 4) is 0 Å². The number of hydrogen-bond acceptors (Lipinski definition) is 3. The molecule has 1 aliphatic heterocycles. The normalized spacial score (nSPS) is 15.8. The number of fused-ring (bicyclic) bond motifs is 1. The molecule has 7 heteroatoms. The number of halogens is 1. The van der Waals surface area contributed by atoms with Crippen LogP contribution in [-0.2, 0) is 7.05 Å². The number of aryl methyl sites for hydroxylation is 1. The summed E-state index contributed by atoms with van der Waals surface area (Å²) in [4.78, 5) is 27.4. The molecule has 0 spiro atoms. The third-order valence-corrected chi connectivity index (χ3v) is 5.25. The number of rotatable bonds is 3. The van der Waals surface area contributed by atoms with Crippen LogP contribution >= 0.6 is 11.6 Å². The zero-order valence-electron chi connectivity index (χ0n) is 15.3. The van der Waals surface area contributed by atoms with Gasteiger partial charge in [-0.25, -0.2) is 0 Å². The lowest BCUT2D eigenvalue weighted by molar-refractivity contribution is 0.0931. The van der Waals surface area contributed by atoms with Gasteiger partial charge in [0, 0.05) is 19.2 Å². The van der Waals surface area contributed by atoms with E-state index in [1.54, 1.807) is 52.2 Å². The lowest BCUT2D eigenvalue weighted by Gasteiger charge is -2.32. The van der Waals surface area contributed by atoms with Crippen LogP contribution in [0.3, 0.4) is 0 Å². The standard InChI is InChI=1S/C21H19ClN4O2/c1-25-19-17(24-20(27)15-9-5-6-10-16(15)22)11-12-26(18(19)13-23-25)21(28)14-7-3-2-4-8-14/h2-10,13,17H,11-12H2,1H3,(H,24,27). The molecule has 1 aliphatic rings. The van der Waals surface area contributed by atoms with Crippen molar-refractivity contribution in [3.63, 3.8) is 0 Å². The van der Waals surface area contributed by atoms with Crippen molar-refractivity contribution in [1.82, 2.24) is 15.1 Å². The van der Waals surface area contributed by atoms with Crippen LogP contribution in [0.4, 0.5) is 5.69 Å². The van der Waals surface area contributed by atoms with Gasteiger partial charge < -0.3 is 10.2 Å². The fourth-order valence-electron chi connectivity index (χ4n) is 3.53. The van der Waals surface area contributed by atoms with Crippen LogP contribution in [0.5, 0.6) is 0 Å². The number of anilines is 1. The number of benzene rings is 2. The first-order chi connectivity index (χ1) is 13.6. The predicted octanol–water partition coefficient (Wildman–Crippen LogP) is 3.60. The summed E-state index contributed by atoms with van der Waals surface area (Å²) in [6.45, 7) is 0.486. The Kier molecular flexibility index (Phi) is 4.88. The first-order valence-corrected chi connectivity index (χ1v) is 9.38. The molecule has 2 amide bonds. The van der Waals surface area contributed by atoms with Crippen molar-refractivity contribution >= 4 is 29.1 Å². The number of nitrogens with one attached hydrogen (secondary N) is 1. The highest BCUT2D eigenvalue weighted by atomic mass is 35.5. The van der Waals surface area contributed by atoms with E-state index in [2.05, 4.69) is 10.4 Å². The molecule has 0 aliphatic carbocycles. The number of aromatic nitrogens is 2. The quantitative estimate of drug-likeness (QED) is 0.738. The smallest absolute Gasteiger partial charge is 0.258 e. The Morgan fingerprint density at radius 3 is 2.57 bits per heavy atom. The Hall–Kier alpha value is -3.12. The predicted molar refractivity (Wildman–Crippen MR) is 108 cm³/mol. The summed E-state index contributed by atoms with van der Waals surface area (Å²) in [5.74, 6) is -0.323. The van der Waals surface area contributed by atoms with E-state index in [-0.39, 0.29) is 17.9 Å². The van der Waals surface area contributed by atoms with Crippen LogP contribution in [-0.4, -0.2) is 28.1 Å². The van der Waals surface area contributed by atoms with Crippen LogP contribution in [0.15, 0.2) is 60.8 Å². The number of amides is 2. The maximum atomic E-state index is 13.0. The van der Waals surface area contributed by atoms with E-state index in [1.807, 2.05) is 25.2 Å². The molecule has 6 nitrogen and oxygen atoms in total. The van der Waals surface area contributed by atoms with Gasteiger partial charge >= 0.3 is 0 Å². The summed E-state index contributed by atoms with van der Waals surface area (Å²) >= 11 is 6.15. The van der Waals surface area contributed by atoms with Gasteiger partial charge in [-0.15, -0.1) is 0 Å². The molecular formula is C21H19ClN4O2. The Morgan fingerprint density at radius 1 is 1.11 bits per heavy atom. The first-order valence-electron chi connectivity index (χ1n) is 9.00. The molecule has 0 saturated heterocycles. The summed E-state index contributed by atoms with van der Waals surface area (Å²) < 4.78 is 1.71. The molecule has 3 aromatic rings. The third kappa shape index (κ3) is 3.27. The number of carbonyl (C=O) groups is 2. The number of nitrogens with zero attached hydrogens (tertiary/aromatic N) is 3. The lowest BCUT2D eigenvalue weighted by atomic mass is 10.0. The number of hydrogen-bond donors (Lipinski definition) is 1. The summed E-state index contributed by atoms with van der Waals surface area (Å²) in [5, 5.41) is 7.76. The summed E-state index contributed by atoms with van der Waals surface area (Å²) in [6, 6.07) is 15.8. The van der Waals surface area contributed by atoms with E-state index in [4.69, 9.17) is 11.6 Å². The average Bonchev–Trinajstić information content (AvgIpc) is 3.11. The fourth-order valence-corrected chi connectivity index (χ4v) is 3.75. The van der Waals surface area contributed by atoms with Crippen molar-refractivity contribution in [2.75, 3.05) is 11.4 Å². The molecule has 1 N–H and O–H groups in total. The minimum atomic E-state index is -0.258. The Balaban J connectivity index is 1.61. The maximum absolute atomic E-state index is 13.0. The van der Waals surface area contributed by atoms with E-state index >= 15 is 0 Å². The molecule has 1 atom stereocenters. The topological polar surface area (TPSA) is 67.2 Å². The van der Waals surface area contributed by atoms with Gasteiger partial charge in [-0.05, 0) is 30.7 Å². The lowest BCUT2D eigenvalue weighted by Crippen LogP contribution is -2.41. The van der Waals surface area contributed by atoms with Gasteiger partial charge in [0.05, 0.1) is 34.2 Å². The number of carbonyl (C=O) groups excluding carboxylic acids is 2. The van der Waals surface area contributed by atoms with Gasteiger partial charge in [-0.3, -0.25) is 14.3 Å². The molecule has 0 bridgehead atoms. The summed E-state index contributed by atoms with van der Waals surface area (Å²) in [7, 11) is 1.81. The highest BCUT2D eigenvalue weighted by Crippen LogP contribution is 2.34. The molecule has 1 aromatic heterocycles. The van der Waals surface area contributed by atoms with E-state index in [0.29, 0.717) is 34.8 Å². The van der Waals surface area contributed by atoms with Crippen molar-refractivity contribution in [2.24, 2.45) is 7.05 Å². The highest BCUT2D eigenvalue weighted by Gasteiger charge is 2.33. The van der Waals surface area contributed by atoms with Crippen LogP contribution in [0.1, 0.15) is 38.9 Å². The second kappa shape index (κ2) is 7.48. The zero-order valence-corrected chi connectivity index (χ0v) is 16.1. The first kappa shape index (κ1) is 18.3. The van der Waals surface area contributed by atoms with E-state index in [0.717, 1.165) is 5.69 Å². The minimum absolute atomic E-state index is 0.0780. The molecule has 28 heavy (non-hydrogen) atoms. The fraction of sp³-hybridized carbons (Fsp3) is 0.190. The molecule has 0 fully saturated rings. The molecular weight excluding hydrogens is 376 g/mol. The van der Waals surface area contributed by atoms with Crippen molar-refractivity contribution in [3.05, 3.63) is 82.6 Å². The van der Waals surface area contributed by atoms with Crippen LogP contribution < -0.4 is 10.2 Å². The van der Waals surface area contributed by atoms with Gasteiger partial charge in [-0.2, -0.15) is 5.10 Å². The molecule has 0 radical (unpaired) electrons. The Labute approximate surface area is 167 Å². The van der Waals surface area contributed by atoms with E-state index < -0.39 is 0 Å². The van der Waals surface area contributed by atoms with Gasteiger partial charge in [0.15, 0.2) is 0 Å². The van der Waals surface area contributed by atoms with E-state index in [1.165, 1.54) is 0 Å². The average molecular weight is 395 g/mol. The summed E-state index contributed by atoms with van der Waals surface area (Å²) in [6.07, 6.45) is 2.26. The van der Waals surface area contributed by atoms with Gasteiger partial charge in [0.1, 0.15) is 0 Å². The zero-order chi connectivity index (χ0) is 19.7. The molecule has 2 heterocycles. The molecule has 1 unspecified atom stereocenters. The van der Waals surface area contributed by atoms with Gasteiger partial charge in [0.25, 0.3) is 11.8 Å². The third-order valence-electron chi connectivity index (χ3n) is 4.92. The largest absolute Gasteiger partial charge is 0.343 e. The van der Waals surface area contributed by atoms with Crippen molar-refractivity contribution in [1.29, 1.82) is 0 Å². The second-order valence-corrected chi connectivity index (χ2v) is 7.06. The monoisotopic (exact) mass is 394 g/mol. The molecule has 142 valence electrons. The molecule has 4 rings (SSSR count). The molecule has 2 aromatic carbocycles. The van der Waals surface area contributed by atoms with Crippen LogP contribution in [0.2, 0.25) is 5.02 Å². The molecule has 0 saturated carbocycles.